The number of esters is 1. The molecule has 0 spiro atoms. The molecule has 2 aliphatic heterocycles. The minimum Gasteiger partial charge on any atom is -0.481 e. The SMILES string of the molecule is CCOC(=O)[C@H]1CN(CCN2C(=O)c3ccccc3C2=O)C[C@@H](C(=O)O)C1c1cccc(F)c1C. The number of hydrogen-bond donors (Lipinski definition) is 1. The van der Waals surface area contributed by atoms with E-state index in [1.54, 1.807) is 49.1 Å². The minimum absolute atomic E-state index is 0.0535. The van der Waals surface area contributed by atoms with E-state index in [4.69, 9.17) is 4.74 Å². The fourth-order valence-electron chi connectivity index (χ4n) is 5.13. The molecule has 2 amide bonds. The van der Waals surface area contributed by atoms with Crippen LogP contribution in [0.15, 0.2) is 42.5 Å². The van der Waals surface area contributed by atoms with Gasteiger partial charge in [0, 0.05) is 32.1 Å². The van der Waals surface area contributed by atoms with Gasteiger partial charge >= 0.3 is 11.9 Å². The third-order valence-electron chi connectivity index (χ3n) is 6.87. The Balaban J connectivity index is 1.59. The van der Waals surface area contributed by atoms with Gasteiger partial charge in [0.2, 0.25) is 0 Å². The molecule has 9 heteroatoms. The number of piperidine rings is 1. The van der Waals surface area contributed by atoms with Crippen LogP contribution in [0.5, 0.6) is 0 Å². The molecule has 1 unspecified atom stereocenters. The van der Waals surface area contributed by atoms with Crippen LogP contribution in [0.2, 0.25) is 0 Å². The monoisotopic (exact) mass is 482 g/mol. The number of nitrogens with zero attached hydrogens (tertiary/aromatic N) is 2. The number of carboxylic acids is 1. The van der Waals surface area contributed by atoms with E-state index < -0.39 is 47.3 Å². The van der Waals surface area contributed by atoms with Crippen molar-refractivity contribution in [1.82, 2.24) is 9.80 Å². The van der Waals surface area contributed by atoms with Crippen molar-refractivity contribution in [2.24, 2.45) is 11.8 Å². The highest BCUT2D eigenvalue weighted by atomic mass is 19.1. The van der Waals surface area contributed by atoms with Crippen LogP contribution in [0.3, 0.4) is 0 Å². The number of amides is 2. The number of ether oxygens (including phenoxy) is 1. The number of carbonyl (C=O) groups excluding carboxylic acids is 3. The molecule has 1 saturated heterocycles. The molecule has 0 radical (unpaired) electrons. The number of likely N-dealkylation sites (tertiary alicyclic amines) is 1. The molecule has 0 aliphatic carbocycles. The van der Waals surface area contributed by atoms with Gasteiger partial charge < -0.3 is 9.84 Å². The summed E-state index contributed by atoms with van der Waals surface area (Å²) < 4.78 is 19.6. The number of carbonyl (C=O) groups is 4. The summed E-state index contributed by atoms with van der Waals surface area (Å²) >= 11 is 0. The standard InChI is InChI=1S/C26H27FN2O6/c1-3-35-26(34)20-14-28(11-12-29-23(30)17-7-4-5-8-18(17)24(29)31)13-19(25(32)33)22(20)16-9-6-10-21(27)15(16)2/h4-10,19-20,22H,3,11-14H2,1-2H3,(H,32,33)/t19-,20+,22?/m1/s1. The Morgan fingerprint density at radius 3 is 2.23 bits per heavy atom. The van der Waals surface area contributed by atoms with Crippen LogP contribution in [-0.4, -0.2) is 71.4 Å². The maximum Gasteiger partial charge on any atom is 0.310 e. The number of imide groups is 1. The molecule has 0 bridgehead atoms. The highest BCUT2D eigenvalue weighted by Gasteiger charge is 2.46. The Morgan fingerprint density at radius 1 is 1.00 bits per heavy atom. The summed E-state index contributed by atoms with van der Waals surface area (Å²) in [5, 5.41) is 10.1. The summed E-state index contributed by atoms with van der Waals surface area (Å²) in [7, 11) is 0. The predicted molar refractivity (Wildman–Crippen MR) is 123 cm³/mol. The summed E-state index contributed by atoms with van der Waals surface area (Å²) in [5.74, 6) is -5.58. The molecule has 2 aliphatic rings. The Hall–Kier alpha value is -3.59. The van der Waals surface area contributed by atoms with Gasteiger partial charge in [0.25, 0.3) is 11.8 Å². The summed E-state index contributed by atoms with van der Waals surface area (Å²) in [6, 6.07) is 11.0. The molecule has 1 fully saturated rings. The van der Waals surface area contributed by atoms with Crippen LogP contribution in [0, 0.1) is 24.6 Å². The molecule has 2 aromatic rings. The summed E-state index contributed by atoms with van der Waals surface area (Å²) in [6.45, 7) is 3.84. The zero-order valence-corrected chi connectivity index (χ0v) is 19.6. The lowest BCUT2D eigenvalue weighted by Gasteiger charge is -2.42. The number of aliphatic carboxylic acids is 1. The Bertz CT molecular complexity index is 1150. The number of halogens is 1. The van der Waals surface area contributed by atoms with Gasteiger partial charge in [-0.2, -0.15) is 0 Å². The van der Waals surface area contributed by atoms with Crippen molar-refractivity contribution in [3.05, 3.63) is 70.5 Å². The first-order valence-electron chi connectivity index (χ1n) is 11.6. The molecule has 2 aromatic carbocycles. The summed E-state index contributed by atoms with van der Waals surface area (Å²) in [4.78, 5) is 53.6. The third-order valence-corrected chi connectivity index (χ3v) is 6.87. The topological polar surface area (TPSA) is 104 Å². The smallest absolute Gasteiger partial charge is 0.310 e. The van der Waals surface area contributed by atoms with Crippen LogP contribution in [0.1, 0.15) is 44.7 Å². The maximum absolute atomic E-state index is 14.4. The van der Waals surface area contributed by atoms with Crippen LogP contribution < -0.4 is 0 Å². The van der Waals surface area contributed by atoms with Crippen molar-refractivity contribution in [2.75, 3.05) is 32.8 Å². The van der Waals surface area contributed by atoms with E-state index in [0.29, 0.717) is 22.3 Å². The minimum atomic E-state index is -1.11. The number of rotatable bonds is 7. The molecule has 0 saturated carbocycles. The Labute approximate surface area is 202 Å². The zero-order valence-electron chi connectivity index (χ0n) is 19.6. The van der Waals surface area contributed by atoms with Gasteiger partial charge in [0.05, 0.1) is 29.6 Å². The molecule has 8 nitrogen and oxygen atoms in total. The van der Waals surface area contributed by atoms with E-state index in [0.717, 1.165) is 4.90 Å². The van der Waals surface area contributed by atoms with Crippen LogP contribution in [0.25, 0.3) is 0 Å². The molecular formula is C26H27FN2O6. The largest absolute Gasteiger partial charge is 0.481 e. The first kappa shape index (κ1) is 24.5. The van der Waals surface area contributed by atoms with E-state index in [9.17, 15) is 28.7 Å². The normalized spacial score (nSPS) is 22.3. The molecule has 184 valence electrons. The lowest BCUT2D eigenvalue weighted by Crippen LogP contribution is -2.52. The van der Waals surface area contributed by atoms with Gasteiger partial charge in [0.15, 0.2) is 0 Å². The van der Waals surface area contributed by atoms with Crippen molar-refractivity contribution >= 4 is 23.8 Å². The van der Waals surface area contributed by atoms with E-state index in [2.05, 4.69) is 0 Å². The predicted octanol–water partition coefficient (Wildman–Crippen LogP) is 2.71. The van der Waals surface area contributed by atoms with E-state index in [1.807, 2.05) is 0 Å². The number of carboxylic acid groups (broad SMARTS) is 1. The zero-order chi connectivity index (χ0) is 25.3. The summed E-state index contributed by atoms with van der Waals surface area (Å²) in [6.07, 6.45) is 0. The van der Waals surface area contributed by atoms with E-state index in [1.165, 1.54) is 12.1 Å². The van der Waals surface area contributed by atoms with Crippen molar-refractivity contribution in [3.8, 4) is 0 Å². The van der Waals surface area contributed by atoms with E-state index >= 15 is 0 Å². The van der Waals surface area contributed by atoms with Crippen LogP contribution in [0.4, 0.5) is 4.39 Å². The van der Waals surface area contributed by atoms with Crippen molar-refractivity contribution in [3.63, 3.8) is 0 Å². The van der Waals surface area contributed by atoms with Gasteiger partial charge in [-0.15, -0.1) is 0 Å². The average Bonchev–Trinajstić information content (AvgIpc) is 3.08. The second kappa shape index (κ2) is 9.95. The lowest BCUT2D eigenvalue weighted by molar-refractivity contribution is -0.155. The maximum atomic E-state index is 14.4. The second-order valence-corrected chi connectivity index (χ2v) is 8.85. The highest BCUT2D eigenvalue weighted by Crippen LogP contribution is 2.40. The van der Waals surface area contributed by atoms with Crippen LogP contribution in [-0.2, 0) is 14.3 Å². The van der Waals surface area contributed by atoms with Crippen molar-refractivity contribution < 1.29 is 33.4 Å². The first-order chi connectivity index (χ1) is 16.7. The molecule has 35 heavy (non-hydrogen) atoms. The number of benzene rings is 2. The molecule has 3 atom stereocenters. The second-order valence-electron chi connectivity index (χ2n) is 8.85. The first-order valence-corrected chi connectivity index (χ1v) is 11.6. The molecule has 1 N–H and O–H groups in total. The highest BCUT2D eigenvalue weighted by molar-refractivity contribution is 6.21. The van der Waals surface area contributed by atoms with Crippen molar-refractivity contribution in [1.29, 1.82) is 0 Å². The van der Waals surface area contributed by atoms with E-state index in [-0.39, 0.29) is 32.8 Å². The van der Waals surface area contributed by atoms with Gasteiger partial charge in [0.1, 0.15) is 5.82 Å². The summed E-state index contributed by atoms with van der Waals surface area (Å²) in [5.41, 5.74) is 1.45. The fraction of sp³-hybridized carbons (Fsp3) is 0.385. The Kier molecular flexibility index (Phi) is 6.98. The molecule has 2 heterocycles. The van der Waals surface area contributed by atoms with Gasteiger partial charge in [-0.25, -0.2) is 4.39 Å². The molecule has 0 aromatic heterocycles. The fourth-order valence-corrected chi connectivity index (χ4v) is 5.13. The number of fused-ring (bicyclic) bond motifs is 1. The molecule has 4 rings (SSSR count). The van der Waals surface area contributed by atoms with Crippen LogP contribution >= 0.6 is 0 Å². The molecular weight excluding hydrogens is 455 g/mol. The third kappa shape index (κ3) is 4.55. The van der Waals surface area contributed by atoms with Gasteiger partial charge in [-0.05, 0) is 43.2 Å². The Morgan fingerprint density at radius 2 is 1.63 bits per heavy atom. The van der Waals surface area contributed by atoms with Gasteiger partial charge in [-0.3, -0.25) is 29.0 Å². The lowest BCUT2D eigenvalue weighted by atomic mass is 9.72. The number of hydrogen-bond acceptors (Lipinski definition) is 6. The quantitative estimate of drug-likeness (QED) is 0.478. The average molecular weight is 483 g/mol. The van der Waals surface area contributed by atoms with Crippen molar-refractivity contribution in [2.45, 2.75) is 19.8 Å². The van der Waals surface area contributed by atoms with Gasteiger partial charge in [-0.1, -0.05) is 24.3 Å².